The summed E-state index contributed by atoms with van der Waals surface area (Å²) in [6.07, 6.45) is 7.95. The molecule has 3 rings (SSSR count). The molecule has 0 N–H and O–H groups in total. The molecule has 1 aromatic carbocycles. The first-order valence-electron chi connectivity index (χ1n) is 6.86. The third kappa shape index (κ3) is 2.60. The van der Waals surface area contributed by atoms with E-state index in [4.69, 9.17) is 34.4 Å². The SMILES string of the molecule is C#CCOc1cc(Cl)c(Cl)c(-n2nc3n(c2=O)CCCC3)c1. The van der Waals surface area contributed by atoms with Crippen molar-refractivity contribution in [2.24, 2.45) is 0 Å². The minimum atomic E-state index is -0.221. The van der Waals surface area contributed by atoms with Crippen LogP contribution in [0, 0.1) is 12.3 Å². The molecule has 22 heavy (non-hydrogen) atoms. The Morgan fingerprint density at radius 2 is 2.18 bits per heavy atom. The second kappa shape index (κ2) is 6.07. The van der Waals surface area contributed by atoms with E-state index in [-0.39, 0.29) is 22.3 Å². The van der Waals surface area contributed by atoms with E-state index < -0.39 is 0 Å². The van der Waals surface area contributed by atoms with Crippen LogP contribution in [0.25, 0.3) is 5.69 Å². The van der Waals surface area contributed by atoms with Crippen molar-refractivity contribution in [3.8, 4) is 23.8 Å². The van der Waals surface area contributed by atoms with Crippen LogP contribution in [0.5, 0.6) is 5.75 Å². The Bertz CT molecular complexity index is 817. The molecule has 0 saturated carbocycles. The summed E-state index contributed by atoms with van der Waals surface area (Å²) >= 11 is 12.3. The fraction of sp³-hybridized carbons (Fsp3) is 0.333. The van der Waals surface area contributed by atoms with E-state index in [0.717, 1.165) is 25.1 Å². The maximum absolute atomic E-state index is 12.5. The topological polar surface area (TPSA) is 49.0 Å². The molecule has 0 unspecified atom stereocenters. The first-order valence-corrected chi connectivity index (χ1v) is 7.62. The van der Waals surface area contributed by atoms with Crippen molar-refractivity contribution in [2.75, 3.05) is 6.61 Å². The van der Waals surface area contributed by atoms with Gasteiger partial charge in [0.25, 0.3) is 0 Å². The van der Waals surface area contributed by atoms with Crippen LogP contribution in [0.15, 0.2) is 16.9 Å². The van der Waals surface area contributed by atoms with Crippen LogP contribution in [-0.4, -0.2) is 21.0 Å². The van der Waals surface area contributed by atoms with E-state index in [2.05, 4.69) is 11.0 Å². The van der Waals surface area contributed by atoms with Gasteiger partial charge in [-0.05, 0) is 12.8 Å². The zero-order valence-electron chi connectivity index (χ0n) is 11.7. The van der Waals surface area contributed by atoms with Gasteiger partial charge in [0.05, 0.1) is 15.7 Å². The highest BCUT2D eigenvalue weighted by atomic mass is 35.5. The van der Waals surface area contributed by atoms with E-state index >= 15 is 0 Å². The van der Waals surface area contributed by atoms with Crippen molar-refractivity contribution < 1.29 is 4.74 Å². The predicted octanol–water partition coefficient (Wildman–Crippen LogP) is 2.69. The molecule has 1 aromatic heterocycles. The number of fused-ring (bicyclic) bond motifs is 1. The zero-order valence-corrected chi connectivity index (χ0v) is 13.2. The summed E-state index contributed by atoms with van der Waals surface area (Å²) in [4.78, 5) is 12.5. The van der Waals surface area contributed by atoms with Crippen LogP contribution in [0.2, 0.25) is 10.0 Å². The summed E-state index contributed by atoms with van der Waals surface area (Å²) in [5, 5.41) is 4.91. The molecule has 0 amide bonds. The lowest BCUT2D eigenvalue weighted by molar-refractivity contribution is 0.370. The molecule has 114 valence electrons. The number of halogens is 2. The molecule has 1 aliphatic rings. The molecule has 1 aliphatic heterocycles. The number of nitrogens with zero attached hydrogens (tertiary/aromatic N) is 3. The first kappa shape index (κ1) is 15.0. The van der Waals surface area contributed by atoms with Crippen LogP contribution in [0.1, 0.15) is 18.7 Å². The van der Waals surface area contributed by atoms with Gasteiger partial charge in [-0.25, -0.2) is 4.79 Å². The number of hydrogen-bond acceptors (Lipinski definition) is 3. The molecule has 7 heteroatoms. The smallest absolute Gasteiger partial charge is 0.350 e. The second-order valence-electron chi connectivity index (χ2n) is 4.95. The van der Waals surface area contributed by atoms with Gasteiger partial charge in [0.15, 0.2) is 0 Å². The minimum absolute atomic E-state index is 0.103. The summed E-state index contributed by atoms with van der Waals surface area (Å²) in [5.41, 5.74) is 0.176. The Kier molecular flexibility index (Phi) is 4.14. The highest BCUT2D eigenvalue weighted by molar-refractivity contribution is 6.43. The number of benzene rings is 1. The number of aryl methyl sites for hydroxylation is 1. The number of ether oxygens (including phenoxy) is 1. The number of aromatic nitrogens is 3. The van der Waals surface area contributed by atoms with Gasteiger partial charge < -0.3 is 4.74 Å². The van der Waals surface area contributed by atoms with Gasteiger partial charge in [0.1, 0.15) is 18.2 Å². The van der Waals surface area contributed by atoms with Gasteiger partial charge in [-0.15, -0.1) is 11.5 Å². The molecule has 0 fully saturated rings. The fourth-order valence-corrected chi connectivity index (χ4v) is 2.86. The van der Waals surface area contributed by atoms with E-state index in [1.54, 1.807) is 16.7 Å². The van der Waals surface area contributed by atoms with Crippen LogP contribution in [-0.2, 0) is 13.0 Å². The summed E-state index contributed by atoms with van der Waals surface area (Å²) in [7, 11) is 0. The highest BCUT2D eigenvalue weighted by Gasteiger charge is 2.20. The van der Waals surface area contributed by atoms with E-state index in [0.29, 0.717) is 18.0 Å². The van der Waals surface area contributed by atoms with Crippen molar-refractivity contribution in [3.05, 3.63) is 38.5 Å². The van der Waals surface area contributed by atoms with Gasteiger partial charge in [-0.1, -0.05) is 29.1 Å². The van der Waals surface area contributed by atoms with Crippen molar-refractivity contribution in [1.29, 1.82) is 0 Å². The molecule has 0 atom stereocenters. The Morgan fingerprint density at radius 3 is 2.91 bits per heavy atom. The molecule has 0 radical (unpaired) electrons. The Morgan fingerprint density at radius 1 is 1.36 bits per heavy atom. The van der Waals surface area contributed by atoms with E-state index in [9.17, 15) is 4.79 Å². The molecule has 5 nitrogen and oxygen atoms in total. The third-order valence-electron chi connectivity index (χ3n) is 3.50. The average Bonchev–Trinajstić information content (AvgIpc) is 2.86. The summed E-state index contributed by atoms with van der Waals surface area (Å²) in [6, 6.07) is 3.18. The summed E-state index contributed by atoms with van der Waals surface area (Å²) in [5.74, 6) is 3.58. The maximum Gasteiger partial charge on any atom is 0.350 e. The summed E-state index contributed by atoms with van der Waals surface area (Å²) < 4.78 is 8.31. The van der Waals surface area contributed by atoms with E-state index in [1.165, 1.54) is 4.68 Å². The van der Waals surface area contributed by atoms with Gasteiger partial charge in [0, 0.05) is 25.1 Å². The fourth-order valence-electron chi connectivity index (χ4n) is 2.47. The quantitative estimate of drug-likeness (QED) is 0.809. The van der Waals surface area contributed by atoms with Crippen LogP contribution < -0.4 is 10.4 Å². The molecule has 0 aliphatic carbocycles. The standard InChI is InChI=1S/C15H13Cl2N3O2/c1-2-7-22-10-8-11(16)14(17)12(9-10)20-15(21)19-6-4-3-5-13(19)18-20/h1,8-9H,3-7H2. The van der Waals surface area contributed by atoms with Crippen molar-refractivity contribution in [1.82, 2.24) is 14.3 Å². The maximum atomic E-state index is 12.5. The molecule has 2 heterocycles. The lowest BCUT2D eigenvalue weighted by Gasteiger charge is -2.09. The molecule has 0 bridgehead atoms. The van der Waals surface area contributed by atoms with Crippen LogP contribution >= 0.6 is 23.2 Å². The van der Waals surface area contributed by atoms with Gasteiger partial charge in [0.2, 0.25) is 0 Å². The minimum Gasteiger partial charge on any atom is -0.481 e. The Hall–Kier alpha value is -1.90. The Labute approximate surface area is 137 Å². The monoisotopic (exact) mass is 337 g/mol. The first-order chi connectivity index (χ1) is 10.6. The number of hydrogen-bond donors (Lipinski definition) is 0. The lowest BCUT2D eigenvalue weighted by atomic mass is 10.2. The van der Waals surface area contributed by atoms with Crippen LogP contribution in [0.4, 0.5) is 0 Å². The largest absolute Gasteiger partial charge is 0.481 e. The number of terminal acetylenes is 1. The summed E-state index contributed by atoms with van der Waals surface area (Å²) in [6.45, 7) is 0.777. The molecular formula is C15H13Cl2N3O2. The van der Waals surface area contributed by atoms with Gasteiger partial charge in [-0.3, -0.25) is 4.57 Å². The molecule has 0 spiro atoms. The van der Waals surface area contributed by atoms with Crippen molar-refractivity contribution in [2.45, 2.75) is 25.8 Å². The highest BCUT2D eigenvalue weighted by Crippen LogP contribution is 2.32. The van der Waals surface area contributed by atoms with Crippen molar-refractivity contribution in [3.63, 3.8) is 0 Å². The predicted molar refractivity (Wildman–Crippen MR) is 85.1 cm³/mol. The van der Waals surface area contributed by atoms with E-state index in [1.807, 2.05) is 0 Å². The van der Waals surface area contributed by atoms with Gasteiger partial charge in [-0.2, -0.15) is 4.68 Å². The zero-order chi connectivity index (χ0) is 15.7. The normalized spacial score (nSPS) is 13.5. The molecule has 0 saturated heterocycles. The molecule has 2 aromatic rings. The molecular weight excluding hydrogens is 325 g/mol. The average molecular weight is 338 g/mol. The second-order valence-corrected chi connectivity index (χ2v) is 5.74. The van der Waals surface area contributed by atoms with Gasteiger partial charge >= 0.3 is 5.69 Å². The van der Waals surface area contributed by atoms with Crippen molar-refractivity contribution >= 4 is 23.2 Å². The third-order valence-corrected chi connectivity index (χ3v) is 4.30. The number of rotatable bonds is 3. The Balaban J connectivity index is 2.12. The lowest BCUT2D eigenvalue weighted by Crippen LogP contribution is -2.26. The van der Waals surface area contributed by atoms with Crippen LogP contribution in [0.3, 0.4) is 0 Å².